The highest BCUT2D eigenvalue weighted by Crippen LogP contribution is 2.53. The van der Waals surface area contributed by atoms with Crippen molar-refractivity contribution in [1.29, 1.82) is 0 Å². The van der Waals surface area contributed by atoms with Gasteiger partial charge in [-0.3, -0.25) is 0 Å². The van der Waals surface area contributed by atoms with Gasteiger partial charge < -0.3 is 9.31 Å². The number of allylic oxidation sites excluding steroid dienone is 2. The number of hydrogen-bond acceptors (Lipinski definition) is 2. The summed E-state index contributed by atoms with van der Waals surface area (Å²) in [6.07, 6.45) is 10.7. The molecule has 172 valence electrons. The molecule has 2 aliphatic rings. The van der Waals surface area contributed by atoms with Crippen molar-refractivity contribution >= 4 is 25.9 Å². The maximum atomic E-state index is 6.42. The quantitative estimate of drug-likeness (QED) is 0.302. The minimum atomic E-state index is -0.345. The summed E-state index contributed by atoms with van der Waals surface area (Å²) in [5.41, 5.74) is 7.42. The van der Waals surface area contributed by atoms with Gasteiger partial charge >= 0.3 is 7.12 Å². The number of fused-ring (bicyclic) bond motifs is 3. The van der Waals surface area contributed by atoms with Crippen LogP contribution in [0.5, 0.6) is 0 Å². The summed E-state index contributed by atoms with van der Waals surface area (Å²) >= 11 is 0. The predicted molar refractivity (Wildman–Crippen MR) is 145 cm³/mol. The van der Waals surface area contributed by atoms with Crippen molar-refractivity contribution in [2.75, 3.05) is 0 Å². The number of hydrogen-bond donors (Lipinski definition) is 0. The van der Waals surface area contributed by atoms with E-state index in [1.54, 1.807) is 0 Å². The molecule has 33 heavy (non-hydrogen) atoms. The molecule has 2 aromatic rings. The molecule has 2 aromatic carbocycles. The summed E-state index contributed by atoms with van der Waals surface area (Å²) < 4.78 is 12.8. The first-order chi connectivity index (χ1) is 15.6. The largest absolute Gasteiger partial charge is 0.494 e. The van der Waals surface area contributed by atoms with E-state index in [9.17, 15) is 0 Å². The summed E-state index contributed by atoms with van der Waals surface area (Å²) in [7, 11) is 1.86. The Morgan fingerprint density at radius 2 is 1.33 bits per heavy atom. The number of benzene rings is 2. The van der Waals surface area contributed by atoms with Gasteiger partial charge in [0.25, 0.3) is 0 Å². The summed E-state index contributed by atoms with van der Waals surface area (Å²) in [6.45, 7) is 16.4. The van der Waals surface area contributed by atoms with E-state index in [2.05, 4.69) is 85.1 Å². The zero-order valence-corrected chi connectivity index (χ0v) is 21.2. The van der Waals surface area contributed by atoms with Gasteiger partial charge in [0.1, 0.15) is 7.85 Å². The molecule has 1 saturated heterocycles. The van der Waals surface area contributed by atoms with Crippen molar-refractivity contribution in [2.24, 2.45) is 0 Å². The van der Waals surface area contributed by atoms with E-state index in [0.717, 1.165) is 44.0 Å². The fourth-order valence-electron chi connectivity index (χ4n) is 5.51. The van der Waals surface area contributed by atoms with Gasteiger partial charge in [-0.25, -0.2) is 0 Å². The van der Waals surface area contributed by atoms with Crippen LogP contribution in [-0.2, 0) is 14.7 Å². The molecular weight excluding hydrogens is 402 g/mol. The van der Waals surface area contributed by atoms with Crippen LogP contribution >= 0.6 is 0 Å². The Kier molecular flexibility index (Phi) is 6.55. The molecule has 4 heteroatoms. The van der Waals surface area contributed by atoms with Gasteiger partial charge in [0.05, 0.1) is 11.2 Å². The lowest BCUT2D eigenvalue weighted by Crippen LogP contribution is -2.41. The molecule has 4 rings (SSSR count). The third kappa shape index (κ3) is 4.17. The van der Waals surface area contributed by atoms with Crippen LogP contribution in [0.15, 0.2) is 61.7 Å². The highest BCUT2D eigenvalue weighted by molar-refractivity contribution is 6.62. The Balaban J connectivity index is 1.83. The van der Waals surface area contributed by atoms with E-state index < -0.39 is 0 Å². The monoisotopic (exact) mass is 440 g/mol. The fraction of sp³-hybridized carbons (Fsp3) is 0.448. The second-order valence-electron chi connectivity index (χ2n) is 10.9. The highest BCUT2D eigenvalue weighted by Gasteiger charge is 2.52. The zero-order valence-electron chi connectivity index (χ0n) is 21.2. The first-order valence-electron chi connectivity index (χ1n) is 12.5. The lowest BCUT2D eigenvalue weighted by atomic mass is 9.68. The molecule has 0 aromatic heterocycles. The first kappa shape index (κ1) is 24.1. The number of unbranched alkanes of at least 4 members (excludes halogenated alkanes) is 2. The van der Waals surface area contributed by atoms with Gasteiger partial charge in [-0.1, -0.05) is 54.0 Å². The van der Waals surface area contributed by atoms with Crippen LogP contribution in [0.2, 0.25) is 0 Å². The van der Waals surface area contributed by atoms with Crippen molar-refractivity contribution in [3.05, 3.63) is 72.8 Å². The molecule has 1 aliphatic carbocycles. The van der Waals surface area contributed by atoms with E-state index in [-0.39, 0.29) is 23.7 Å². The maximum Gasteiger partial charge on any atom is 0.494 e. The van der Waals surface area contributed by atoms with E-state index in [0.29, 0.717) is 0 Å². The third-order valence-electron chi connectivity index (χ3n) is 8.09. The fourth-order valence-corrected chi connectivity index (χ4v) is 5.51. The van der Waals surface area contributed by atoms with Crippen LogP contribution in [0.4, 0.5) is 0 Å². The number of rotatable bonds is 9. The van der Waals surface area contributed by atoms with E-state index >= 15 is 0 Å². The second-order valence-corrected chi connectivity index (χ2v) is 10.9. The Morgan fingerprint density at radius 1 is 0.818 bits per heavy atom. The summed E-state index contributed by atoms with van der Waals surface area (Å²) in [4.78, 5) is 0. The Hall–Kier alpha value is -2.03. The second kappa shape index (κ2) is 8.96. The molecule has 2 nitrogen and oxygen atoms in total. The Bertz CT molecular complexity index is 1020. The van der Waals surface area contributed by atoms with Gasteiger partial charge in [-0.2, -0.15) is 0 Å². The topological polar surface area (TPSA) is 18.5 Å². The first-order valence-corrected chi connectivity index (χ1v) is 12.5. The average molecular weight is 440 g/mol. The normalized spacial score (nSPS) is 19.2. The lowest BCUT2D eigenvalue weighted by molar-refractivity contribution is 0.00578. The Morgan fingerprint density at radius 3 is 1.88 bits per heavy atom. The van der Waals surface area contributed by atoms with Crippen LogP contribution in [-0.4, -0.2) is 26.2 Å². The smallest absolute Gasteiger partial charge is 0.399 e. The van der Waals surface area contributed by atoms with Crippen LogP contribution in [0, 0.1) is 0 Å². The van der Waals surface area contributed by atoms with Crippen LogP contribution in [0.25, 0.3) is 11.1 Å². The molecule has 1 aliphatic heterocycles. The van der Waals surface area contributed by atoms with Gasteiger partial charge in [-0.15, -0.1) is 13.2 Å². The van der Waals surface area contributed by atoms with E-state index in [4.69, 9.17) is 9.31 Å². The Labute approximate surface area is 202 Å². The average Bonchev–Trinajstić information content (AvgIpc) is 3.15. The third-order valence-corrected chi connectivity index (χ3v) is 8.09. The van der Waals surface area contributed by atoms with Crippen molar-refractivity contribution in [1.82, 2.24) is 0 Å². The van der Waals surface area contributed by atoms with Crippen molar-refractivity contribution in [3.63, 3.8) is 0 Å². The van der Waals surface area contributed by atoms with Crippen LogP contribution in [0.3, 0.4) is 0 Å². The molecule has 0 spiro atoms. The summed E-state index contributed by atoms with van der Waals surface area (Å²) in [6, 6.07) is 13.9. The van der Waals surface area contributed by atoms with Gasteiger partial charge in [0, 0.05) is 5.41 Å². The summed E-state index contributed by atoms with van der Waals surface area (Å²) in [5.74, 6) is 0. The standard InChI is InChI=1S/C29H38B2O2/c1-7-9-11-17-29(18-12-10-8-2)25-19-21(30)13-15-23(25)24-16-14-22(20-26(24)29)31-32-27(3,4)28(5,6)33-31/h7-8,13-16,19-20H,1-2,9-12,17-18,30H2,3-6H3. The van der Waals surface area contributed by atoms with Crippen LogP contribution < -0.4 is 10.9 Å². The molecule has 0 atom stereocenters. The molecule has 0 unspecified atom stereocenters. The van der Waals surface area contributed by atoms with Gasteiger partial charge in [-0.05, 0) is 93.9 Å². The van der Waals surface area contributed by atoms with E-state index in [1.165, 1.54) is 27.7 Å². The van der Waals surface area contributed by atoms with Gasteiger partial charge in [0.2, 0.25) is 0 Å². The minimum absolute atomic E-state index is 0.00234. The summed E-state index contributed by atoms with van der Waals surface area (Å²) in [5, 5.41) is 0. The van der Waals surface area contributed by atoms with Gasteiger partial charge in [0.15, 0.2) is 0 Å². The highest BCUT2D eigenvalue weighted by atomic mass is 16.7. The predicted octanol–water partition coefficient (Wildman–Crippen LogP) is 5.22. The molecule has 0 radical (unpaired) electrons. The minimum Gasteiger partial charge on any atom is -0.399 e. The molecule has 1 heterocycles. The van der Waals surface area contributed by atoms with Crippen molar-refractivity contribution < 1.29 is 9.31 Å². The SMILES string of the molecule is Bc1ccc2c(c1)C(CCCC=C)(CCCC=C)c1cc(B3OC(C)(C)C(C)(C)O3)ccc1-2. The molecule has 0 saturated carbocycles. The van der Waals surface area contributed by atoms with E-state index in [1.807, 2.05) is 12.2 Å². The molecular formula is C29H38B2O2. The van der Waals surface area contributed by atoms with Crippen molar-refractivity contribution in [3.8, 4) is 11.1 Å². The molecule has 0 N–H and O–H groups in total. The zero-order chi connectivity index (χ0) is 23.9. The lowest BCUT2D eigenvalue weighted by Gasteiger charge is -2.33. The van der Waals surface area contributed by atoms with Crippen molar-refractivity contribution in [2.45, 2.75) is 82.8 Å². The maximum absolute atomic E-state index is 6.42. The molecule has 0 amide bonds. The van der Waals surface area contributed by atoms with Crippen LogP contribution in [0.1, 0.15) is 77.3 Å². The molecule has 1 fully saturated rings. The molecule has 0 bridgehead atoms.